The first-order chi connectivity index (χ1) is 6.90. The molecule has 0 aliphatic heterocycles. The number of aryl methyl sites for hydroxylation is 2. The quantitative estimate of drug-likeness (QED) is 0.754. The molecule has 2 heteroatoms. The van der Waals surface area contributed by atoms with Gasteiger partial charge >= 0.3 is 0 Å². The second kappa shape index (κ2) is 4.70. The largest absolute Gasteiger partial charge is 0.384 e. The number of fused-ring (bicyclic) bond motifs is 1. The number of nitrogens with one attached hydrogen (secondary N) is 1. The first kappa shape index (κ1) is 9.85. The summed E-state index contributed by atoms with van der Waals surface area (Å²) in [6.45, 7) is 0.848. The molecule has 14 heavy (non-hydrogen) atoms. The van der Waals surface area contributed by atoms with Gasteiger partial charge in [0.05, 0.1) is 0 Å². The van der Waals surface area contributed by atoms with Gasteiger partial charge in [-0.1, -0.05) is 6.07 Å². The van der Waals surface area contributed by atoms with Gasteiger partial charge in [0.2, 0.25) is 0 Å². The van der Waals surface area contributed by atoms with Gasteiger partial charge in [0.15, 0.2) is 0 Å². The van der Waals surface area contributed by atoms with Gasteiger partial charge in [-0.25, -0.2) is 0 Å². The fourth-order valence-corrected chi connectivity index (χ4v) is 2.13. The van der Waals surface area contributed by atoms with E-state index in [1.807, 2.05) is 0 Å². The Kier molecular flexibility index (Phi) is 3.30. The summed E-state index contributed by atoms with van der Waals surface area (Å²) in [5.74, 6) is 0.664. The number of halogens is 1. The monoisotopic (exact) mass is 209 g/mol. The normalized spacial score (nSPS) is 14.9. The number of hydrogen-bond acceptors (Lipinski definition) is 1. The standard InChI is InChI=1S/C12H16ClN/c13-7-8-14-12-6-5-10-3-1-2-4-11(10)9-12/h5-6,9,14H,1-4,7-8H2. The van der Waals surface area contributed by atoms with Crippen LogP contribution in [0.4, 0.5) is 5.69 Å². The van der Waals surface area contributed by atoms with Gasteiger partial charge in [0, 0.05) is 18.1 Å². The summed E-state index contributed by atoms with van der Waals surface area (Å²) in [6, 6.07) is 6.70. The summed E-state index contributed by atoms with van der Waals surface area (Å²) in [7, 11) is 0. The van der Waals surface area contributed by atoms with Crippen LogP contribution in [0.25, 0.3) is 0 Å². The fraction of sp³-hybridized carbons (Fsp3) is 0.500. The highest BCUT2D eigenvalue weighted by atomic mass is 35.5. The molecule has 1 nitrogen and oxygen atoms in total. The summed E-state index contributed by atoms with van der Waals surface area (Å²) >= 11 is 5.63. The number of rotatable bonds is 3. The van der Waals surface area contributed by atoms with Gasteiger partial charge in [-0.2, -0.15) is 0 Å². The Morgan fingerprint density at radius 2 is 1.93 bits per heavy atom. The van der Waals surface area contributed by atoms with E-state index in [4.69, 9.17) is 11.6 Å². The van der Waals surface area contributed by atoms with Crippen LogP contribution in [0, 0.1) is 0 Å². The van der Waals surface area contributed by atoms with Crippen LogP contribution in [0.1, 0.15) is 24.0 Å². The van der Waals surface area contributed by atoms with Crippen LogP contribution >= 0.6 is 11.6 Å². The molecule has 0 aromatic heterocycles. The van der Waals surface area contributed by atoms with Crippen LogP contribution in [-0.2, 0) is 12.8 Å². The molecule has 0 spiro atoms. The molecule has 2 rings (SSSR count). The topological polar surface area (TPSA) is 12.0 Å². The molecule has 0 fully saturated rings. The van der Waals surface area contributed by atoms with E-state index >= 15 is 0 Å². The number of alkyl halides is 1. The second-order valence-corrected chi connectivity index (χ2v) is 4.18. The van der Waals surface area contributed by atoms with Crippen molar-refractivity contribution in [3.63, 3.8) is 0 Å². The van der Waals surface area contributed by atoms with E-state index in [9.17, 15) is 0 Å². The van der Waals surface area contributed by atoms with E-state index in [0.29, 0.717) is 5.88 Å². The molecular weight excluding hydrogens is 194 g/mol. The third kappa shape index (κ3) is 2.21. The number of anilines is 1. The summed E-state index contributed by atoms with van der Waals surface area (Å²) in [5.41, 5.74) is 4.27. The predicted octanol–water partition coefficient (Wildman–Crippen LogP) is 3.22. The van der Waals surface area contributed by atoms with Gasteiger partial charge in [-0.3, -0.25) is 0 Å². The van der Waals surface area contributed by atoms with Crippen molar-refractivity contribution in [2.75, 3.05) is 17.7 Å². The molecule has 0 atom stereocenters. The average molecular weight is 210 g/mol. The first-order valence-electron chi connectivity index (χ1n) is 5.32. The lowest BCUT2D eigenvalue weighted by molar-refractivity contribution is 0.686. The van der Waals surface area contributed by atoms with Crippen LogP contribution in [-0.4, -0.2) is 12.4 Å². The maximum absolute atomic E-state index is 5.63. The summed E-state index contributed by atoms with van der Waals surface area (Å²) < 4.78 is 0. The highest BCUT2D eigenvalue weighted by Gasteiger charge is 2.08. The van der Waals surface area contributed by atoms with Gasteiger partial charge in [-0.05, 0) is 48.9 Å². The minimum absolute atomic E-state index is 0.664. The Morgan fingerprint density at radius 1 is 1.14 bits per heavy atom. The van der Waals surface area contributed by atoms with E-state index in [-0.39, 0.29) is 0 Å². The van der Waals surface area contributed by atoms with E-state index in [0.717, 1.165) is 6.54 Å². The van der Waals surface area contributed by atoms with E-state index < -0.39 is 0 Å². The summed E-state index contributed by atoms with van der Waals surface area (Å²) in [4.78, 5) is 0. The molecule has 0 saturated carbocycles. The first-order valence-corrected chi connectivity index (χ1v) is 5.85. The number of hydrogen-bond donors (Lipinski definition) is 1. The van der Waals surface area contributed by atoms with Crippen molar-refractivity contribution in [3.05, 3.63) is 29.3 Å². The molecule has 1 aromatic carbocycles. The van der Waals surface area contributed by atoms with E-state index in [1.165, 1.54) is 42.5 Å². The van der Waals surface area contributed by atoms with Crippen LogP contribution < -0.4 is 5.32 Å². The molecule has 1 aliphatic carbocycles. The Hall–Kier alpha value is -0.690. The lowest BCUT2D eigenvalue weighted by Gasteiger charge is -2.16. The smallest absolute Gasteiger partial charge is 0.0396 e. The van der Waals surface area contributed by atoms with Gasteiger partial charge in [-0.15, -0.1) is 11.6 Å². The Labute approximate surface area is 90.5 Å². The molecule has 0 heterocycles. The maximum Gasteiger partial charge on any atom is 0.0396 e. The summed E-state index contributed by atoms with van der Waals surface area (Å²) in [5, 5.41) is 3.31. The molecule has 1 aliphatic rings. The Bertz CT molecular complexity index is 309. The van der Waals surface area contributed by atoms with Gasteiger partial charge < -0.3 is 5.32 Å². The van der Waals surface area contributed by atoms with Crippen LogP contribution in [0.2, 0.25) is 0 Å². The molecule has 1 N–H and O–H groups in total. The zero-order valence-electron chi connectivity index (χ0n) is 8.35. The lowest BCUT2D eigenvalue weighted by Crippen LogP contribution is -2.06. The third-order valence-corrected chi connectivity index (χ3v) is 2.96. The maximum atomic E-state index is 5.63. The molecule has 0 radical (unpaired) electrons. The summed E-state index contributed by atoms with van der Waals surface area (Å²) in [6.07, 6.45) is 5.18. The molecule has 0 unspecified atom stereocenters. The van der Waals surface area contributed by atoms with E-state index in [2.05, 4.69) is 23.5 Å². The molecule has 0 saturated heterocycles. The van der Waals surface area contributed by atoms with Crippen LogP contribution in [0.3, 0.4) is 0 Å². The lowest BCUT2D eigenvalue weighted by atomic mass is 9.91. The molecular formula is C12H16ClN. The molecule has 76 valence electrons. The van der Waals surface area contributed by atoms with Crippen molar-refractivity contribution in [3.8, 4) is 0 Å². The van der Waals surface area contributed by atoms with Crippen molar-refractivity contribution < 1.29 is 0 Å². The Morgan fingerprint density at radius 3 is 2.71 bits per heavy atom. The molecule has 0 bridgehead atoms. The average Bonchev–Trinajstić information content (AvgIpc) is 2.26. The zero-order valence-corrected chi connectivity index (χ0v) is 9.11. The highest BCUT2D eigenvalue weighted by Crippen LogP contribution is 2.23. The molecule has 1 aromatic rings. The third-order valence-electron chi connectivity index (χ3n) is 2.77. The van der Waals surface area contributed by atoms with Crippen molar-refractivity contribution in [1.82, 2.24) is 0 Å². The minimum Gasteiger partial charge on any atom is -0.384 e. The Balaban J connectivity index is 2.12. The minimum atomic E-state index is 0.664. The van der Waals surface area contributed by atoms with Gasteiger partial charge in [0.25, 0.3) is 0 Å². The molecule has 0 amide bonds. The van der Waals surface area contributed by atoms with Crippen LogP contribution in [0.15, 0.2) is 18.2 Å². The van der Waals surface area contributed by atoms with Crippen LogP contribution in [0.5, 0.6) is 0 Å². The second-order valence-electron chi connectivity index (χ2n) is 3.81. The van der Waals surface area contributed by atoms with E-state index in [1.54, 1.807) is 0 Å². The number of benzene rings is 1. The van der Waals surface area contributed by atoms with Crippen molar-refractivity contribution >= 4 is 17.3 Å². The highest BCUT2D eigenvalue weighted by molar-refractivity contribution is 6.18. The van der Waals surface area contributed by atoms with Crippen molar-refractivity contribution in [2.45, 2.75) is 25.7 Å². The zero-order chi connectivity index (χ0) is 9.80. The van der Waals surface area contributed by atoms with Gasteiger partial charge in [0.1, 0.15) is 0 Å². The SMILES string of the molecule is ClCCNc1ccc2c(c1)CCCC2. The fourth-order valence-electron chi connectivity index (χ4n) is 2.03. The van der Waals surface area contributed by atoms with Crippen molar-refractivity contribution in [2.24, 2.45) is 0 Å². The predicted molar refractivity (Wildman–Crippen MR) is 62.3 cm³/mol. The van der Waals surface area contributed by atoms with Crippen molar-refractivity contribution in [1.29, 1.82) is 0 Å².